The van der Waals surface area contributed by atoms with Gasteiger partial charge in [-0.05, 0) is 47.7 Å². The van der Waals surface area contributed by atoms with Crippen molar-refractivity contribution < 1.29 is 4.79 Å². The lowest BCUT2D eigenvalue weighted by molar-refractivity contribution is 0.0796. The molecule has 0 saturated heterocycles. The van der Waals surface area contributed by atoms with Gasteiger partial charge in [0.25, 0.3) is 5.91 Å². The van der Waals surface area contributed by atoms with E-state index in [1.807, 2.05) is 31.4 Å². The van der Waals surface area contributed by atoms with E-state index in [1.165, 1.54) is 16.7 Å². The number of hydrogen-bond acceptors (Lipinski definition) is 4. The molecule has 142 valence electrons. The van der Waals surface area contributed by atoms with E-state index in [0.717, 1.165) is 31.6 Å². The third kappa shape index (κ3) is 4.03. The van der Waals surface area contributed by atoms with Crippen molar-refractivity contribution in [3.8, 4) is 0 Å². The lowest BCUT2D eigenvalue weighted by atomic mass is 9.99. The van der Waals surface area contributed by atoms with Crippen LogP contribution in [0.3, 0.4) is 0 Å². The predicted molar refractivity (Wildman–Crippen MR) is 110 cm³/mol. The highest BCUT2D eigenvalue weighted by Crippen LogP contribution is 2.24. The summed E-state index contributed by atoms with van der Waals surface area (Å²) >= 11 is 0. The monoisotopic (exact) mass is 372 g/mol. The number of anilines is 1. The van der Waals surface area contributed by atoms with E-state index in [1.54, 1.807) is 23.5 Å². The van der Waals surface area contributed by atoms with Gasteiger partial charge in [-0.3, -0.25) is 14.8 Å². The Morgan fingerprint density at radius 3 is 2.68 bits per heavy atom. The largest absolute Gasteiger partial charge is 0.366 e. The highest BCUT2D eigenvalue weighted by molar-refractivity contribution is 5.94. The van der Waals surface area contributed by atoms with Crippen LogP contribution >= 0.6 is 0 Å². The van der Waals surface area contributed by atoms with Crippen LogP contribution in [-0.2, 0) is 19.4 Å². The number of carbonyl (C=O) groups is 1. The van der Waals surface area contributed by atoms with E-state index >= 15 is 0 Å². The van der Waals surface area contributed by atoms with E-state index in [2.05, 4.69) is 39.1 Å². The van der Waals surface area contributed by atoms with Gasteiger partial charge in [0.1, 0.15) is 0 Å². The first-order valence-corrected chi connectivity index (χ1v) is 9.62. The SMILES string of the molecule is CN(CCc1ccncc1)C(=O)c1cncc(N2CCc3ccccc3C2)c1. The Morgan fingerprint density at radius 2 is 1.86 bits per heavy atom. The Balaban J connectivity index is 1.44. The van der Waals surface area contributed by atoms with E-state index in [4.69, 9.17) is 0 Å². The van der Waals surface area contributed by atoms with Crippen molar-refractivity contribution in [1.29, 1.82) is 0 Å². The van der Waals surface area contributed by atoms with Crippen molar-refractivity contribution in [2.24, 2.45) is 0 Å². The van der Waals surface area contributed by atoms with Crippen molar-refractivity contribution in [1.82, 2.24) is 14.9 Å². The molecule has 2 aromatic heterocycles. The zero-order valence-electron chi connectivity index (χ0n) is 16.1. The molecule has 3 heterocycles. The zero-order chi connectivity index (χ0) is 19.3. The van der Waals surface area contributed by atoms with Crippen LogP contribution in [0.1, 0.15) is 27.0 Å². The van der Waals surface area contributed by atoms with Crippen LogP contribution in [0, 0.1) is 0 Å². The number of benzene rings is 1. The maximum absolute atomic E-state index is 12.9. The van der Waals surface area contributed by atoms with Crippen molar-refractivity contribution >= 4 is 11.6 Å². The van der Waals surface area contributed by atoms with Gasteiger partial charge >= 0.3 is 0 Å². The lowest BCUT2D eigenvalue weighted by Gasteiger charge is -2.30. The molecule has 1 aliphatic heterocycles. The van der Waals surface area contributed by atoms with E-state index < -0.39 is 0 Å². The molecule has 0 atom stereocenters. The Bertz CT molecular complexity index is 958. The average molecular weight is 372 g/mol. The molecule has 0 fully saturated rings. The van der Waals surface area contributed by atoms with Crippen molar-refractivity contribution in [2.45, 2.75) is 19.4 Å². The first kappa shape index (κ1) is 18.2. The molecule has 28 heavy (non-hydrogen) atoms. The molecule has 1 aliphatic rings. The molecule has 5 heteroatoms. The summed E-state index contributed by atoms with van der Waals surface area (Å²) in [5.74, 6) is 0.000755. The number of aromatic nitrogens is 2. The molecule has 5 nitrogen and oxygen atoms in total. The van der Waals surface area contributed by atoms with Crippen LogP contribution in [0.4, 0.5) is 5.69 Å². The zero-order valence-corrected chi connectivity index (χ0v) is 16.1. The number of fused-ring (bicyclic) bond motifs is 1. The van der Waals surface area contributed by atoms with E-state index in [9.17, 15) is 4.79 Å². The number of hydrogen-bond donors (Lipinski definition) is 0. The highest BCUT2D eigenvalue weighted by atomic mass is 16.2. The summed E-state index contributed by atoms with van der Waals surface area (Å²) in [6.07, 6.45) is 8.89. The molecule has 0 unspecified atom stereocenters. The van der Waals surface area contributed by atoms with Gasteiger partial charge in [-0.2, -0.15) is 0 Å². The molecule has 3 aromatic rings. The van der Waals surface area contributed by atoms with Crippen LogP contribution in [0.2, 0.25) is 0 Å². The molecule has 1 amide bonds. The summed E-state index contributed by atoms with van der Waals surface area (Å²) in [5, 5.41) is 0. The van der Waals surface area contributed by atoms with Gasteiger partial charge in [-0.15, -0.1) is 0 Å². The summed E-state index contributed by atoms with van der Waals surface area (Å²) in [4.78, 5) is 25.3. The molecule has 0 radical (unpaired) electrons. The fourth-order valence-electron chi connectivity index (χ4n) is 3.60. The first-order chi connectivity index (χ1) is 13.7. The number of carbonyl (C=O) groups excluding carboxylic acids is 1. The van der Waals surface area contributed by atoms with Crippen molar-refractivity contribution in [2.75, 3.05) is 25.0 Å². The molecule has 0 spiro atoms. The Morgan fingerprint density at radius 1 is 1.07 bits per heavy atom. The van der Waals surface area contributed by atoms with Gasteiger partial charge in [0.2, 0.25) is 0 Å². The lowest BCUT2D eigenvalue weighted by Crippen LogP contribution is -2.31. The second-order valence-corrected chi connectivity index (χ2v) is 7.20. The standard InChI is InChI=1S/C23H24N4O/c1-26(12-8-18-6-10-24-11-7-18)23(28)21-14-22(16-25-15-21)27-13-9-19-4-2-3-5-20(19)17-27/h2-7,10-11,14-16H,8-9,12-13,17H2,1H3. The topological polar surface area (TPSA) is 49.3 Å². The second-order valence-electron chi connectivity index (χ2n) is 7.20. The van der Waals surface area contributed by atoms with Gasteiger partial charge in [-0.1, -0.05) is 24.3 Å². The smallest absolute Gasteiger partial charge is 0.255 e. The number of nitrogens with zero attached hydrogens (tertiary/aromatic N) is 4. The second kappa shape index (κ2) is 8.21. The minimum Gasteiger partial charge on any atom is -0.366 e. The molecule has 0 aliphatic carbocycles. The molecule has 0 saturated carbocycles. The Hall–Kier alpha value is -3.21. The summed E-state index contributed by atoms with van der Waals surface area (Å²) in [5.41, 5.74) is 5.57. The number of likely N-dealkylation sites (N-methyl/N-ethyl adjacent to an activating group) is 1. The van der Waals surface area contributed by atoms with Gasteiger partial charge in [0.05, 0.1) is 17.4 Å². The Kier molecular flexibility index (Phi) is 5.33. The number of pyridine rings is 2. The average Bonchev–Trinajstić information content (AvgIpc) is 2.77. The summed E-state index contributed by atoms with van der Waals surface area (Å²) < 4.78 is 0. The van der Waals surface area contributed by atoms with Gasteiger partial charge in [0.15, 0.2) is 0 Å². The fraction of sp³-hybridized carbons (Fsp3) is 0.261. The van der Waals surface area contributed by atoms with Gasteiger partial charge in [-0.25, -0.2) is 0 Å². The molecular formula is C23H24N4O. The molecule has 1 aromatic carbocycles. The molecule has 4 rings (SSSR count). The quantitative estimate of drug-likeness (QED) is 0.689. The van der Waals surface area contributed by atoms with Crippen LogP contribution in [0.5, 0.6) is 0 Å². The molecule has 0 N–H and O–H groups in total. The minimum atomic E-state index is 0.000755. The maximum Gasteiger partial charge on any atom is 0.255 e. The number of rotatable bonds is 5. The summed E-state index contributed by atoms with van der Waals surface area (Å²) in [6.45, 7) is 2.45. The highest BCUT2D eigenvalue weighted by Gasteiger charge is 2.18. The first-order valence-electron chi connectivity index (χ1n) is 9.62. The van der Waals surface area contributed by atoms with Crippen LogP contribution in [-0.4, -0.2) is 40.9 Å². The number of amides is 1. The maximum atomic E-state index is 12.9. The van der Waals surface area contributed by atoms with E-state index in [-0.39, 0.29) is 5.91 Å². The third-order valence-electron chi connectivity index (χ3n) is 5.30. The van der Waals surface area contributed by atoms with Crippen molar-refractivity contribution in [3.05, 3.63) is 89.5 Å². The predicted octanol–water partition coefficient (Wildman–Crippen LogP) is 3.35. The van der Waals surface area contributed by atoms with E-state index in [0.29, 0.717) is 12.1 Å². The van der Waals surface area contributed by atoms with Crippen LogP contribution in [0.15, 0.2) is 67.3 Å². The van der Waals surface area contributed by atoms with Gasteiger partial charge in [0, 0.05) is 45.3 Å². The minimum absolute atomic E-state index is 0.000755. The fourth-order valence-corrected chi connectivity index (χ4v) is 3.60. The molecule has 0 bridgehead atoms. The molecular weight excluding hydrogens is 348 g/mol. The van der Waals surface area contributed by atoms with Gasteiger partial charge < -0.3 is 9.80 Å². The van der Waals surface area contributed by atoms with Crippen LogP contribution < -0.4 is 4.90 Å². The Labute approximate surface area is 165 Å². The summed E-state index contributed by atoms with van der Waals surface area (Å²) in [7, 11) is 1.84. The van der Waals surface area contributed by atoms with Crippen LogP contribution in [0.25, 0.3) is 0 Å². The normalized spacial score (nSPS) is 13.1. The van der Waals surface area contributed by atoms with Crippen molar-refractivity contribution in [3.63, 3.8) is 0 Å². The summed E-state index contributed by atoms with van der Waals surface area (Å²) in [6, 6.07) is 14.5. The third-order valence-corrected chi connectivity index (χ3v) is 5.30.